The number of carbonyl (C=O) groups excluding carboxylic acids is 5. The first-order valence-electron chi connectivity index (χ1n) is 11.6. The molecule has 0 saturated heterocycles. The highest BCUT2D eigenvalue weighted by molar-refractivity contribution is 5.96. The molecule has 5 amide bonds. The molecule has 0 saturated carbocycles. The largest absolute Gasteiger partial charge is 0.481 e. The van der Waals surface area contributed by atoms with Crippen molar-refractivity contribution in [3.05, 3.63) is 18.2 Å². The van der Waals surface area contributed by atoms with E-state index in [4.69, 9.17) is 5.73 Å². The van der Waals surface area contributed by atoms with Gasteiger partial charge in [0.25, 0.3) is 0 Å². The monoisotopic (exact) mass is 539 g/mol. The van der Waals surface area contributed by atoms with Gasteiger partial charge in [0.1, 0.15) is 24.2 Å². The lowest BCUT2D eigenvalue weighted by Gasteiger charge is -2.27. The summed E-state index contributed by atoms with van der Waals surface area (Å²) in [4.78, 5) is 90.7. The van der Waals surface area contributed by atoms with Crippen LogP contribution in [0.15, 0.2) is 12.5 Å². The molecule has 16 heteroatoms. The average molecular weight is 540 g/mol. The van der Waals surface area contributed by atoms with Crippen LogP contribution in [-0.2, 0) is 40.0 Å². The molecule has 1 aromatic heterocycles. The lowest BCUT2D eigenvalue weighted by molar-refractivity contribution is -0.143. The van der Waals surface area contributed by atoms with Gasteiger partial charge in [-0.25, -0.2) is 9.78 Å². The summed E-state index contributed by atoms with van der Waals surface area (Å²) in [6.45, 7) is 4.25. The van der Waals surface area contributed by atoms with E-state index in [9.17, 15) is 43.8 Å². The number of hydrogen-bond acceptors (Lipinski definition) is 8. The SMILES string of the molecule is CC(=O)NC(CCC(N)=O)C(=O)NC(CC(=O)O)C(=O)NC(C(=O)NC(Cc1cnc[nH]1)C(=O)O)C(C)C. The summed E-state index contributed by atoms with van der Waals surface area (Å²) in [6, 6.07) is -5.61. The van der Waals surface area contributed by atoms with Crippen LogP contribution in [0.2, 0.25) is 0 Å². The molecule has 1 rings (SSSR count). The molecule has 0 radical (unpaired) electrons. The number of nitrogens with one attached hydrogen (secondary N) is 5. The van der Waals surface area contributed by atoms with E-state index in [1.165, 1.54) is 12.5 Å². The standard InChI is InChI=1S/C22H33N7O9/c1-10(2)18(21(36)28-15(22(37)38)6-12-8-24-9-25-12)29-20(35)14(7-17(32)33)27-19(34)13(26-11(3)30)4-5-16(23)31/h8-10,13-15,18H,4-7H2,1-3H3,(H2,23,31)(H,24,25)(H,26,30)(H,27,34)(H,28,36)(H,29,35)(H,32,33)(H,37,38). The van der Waals surface area contributed by atoms with Gasteiger partial charge in [-0.15, -0.1) is 0 Å². The van der Waals surface area contributed by atoms with Gasteiger partial charge in [0.05, 0.1) is 12.7 Å². The number of amides is 5. The van der Waals surface area contributed by atoms with Gasteiger partial charge in [-0.05, 0) is 12.3 Å². The predicted octanol–water partition coefficient (Wildman–Crippen LogP) is -2.61. The van der Waals surface area contributed by atoms with Gasteiger partial charge in [0.15, 0.2) is 0 Å². The average Bonchev–Trinajstić information content (AvgIpc) is 3.31. The Balaban J connectivity index is 3.03. The Morgan fingerprint density at radius 2 is 1.53 bits per heavy atom. The van der Waals surface area contributed by atoms with Crippen LogP contribution in [0.4, 0.5) is 0 Å². The van der Waals surface area contributed by atoms with Crippen LogP contribution < -0.4 is 27.0 Å². The van der Waals surface area contributed by atoms with Gasteiger partial charge in [-0.1, -0.05) is 13.8 Å². The lowest BCUT2D eigenvalue weighted by Crippen LogP contribution is -2.59. The van der Waals surface area contributed by atoms with E-state index in [1.54, 1.807) is 13.8 Å². The molecule has 1 heterocycles. The van der Waals surface area contributed by atoms with Crippen molar-refractivity contribution in [2.45, 2.75) is 70.6 Å². The quantitative estimate of drug-likeness (QED) is 0.108. The first-order chi connectivity index (χ1) is 17.7. The first-order valence-corrected chi connectivity index (χ1v) is 11.6. The van der Waals surface area contributed by atoms with Crippen LogP contribution in [0.25, 0.3) is 0 Å². The molecule has 0 aliphatic rings. The van der Waals surface area contributed by atoms with Gasteiger partial charge in [-0.3, -0.25) is 28.8 Å². The van der Waals surface area contributed by atoms with Gasteiger partial charge in [-0.2, -0.15) is 0 Å². The minimum atomic E-state index is -1.67. The summed E-state index contributed by atoms with van der Waals surface area (Å²) in [6.07, 6.45) is 1.27. The molecule has 0 fully saturated rings. The van der Waals surface area contributed by atoms with Crippen molar-refractivity contribution >= 4 is 41.5 Å². The Bertz CT molecular complexity index is 1030. The van der Waals surface area contributed by atoms with Crippen molar-refractivity contribution in [1.29, 1.82) is 0 Å². The van der Waals surface area contributed by atoms with E-state index >= 15 is 0 Å². The van der Waals surface area contributed by atoms with Crippen LogP contribution in [0, 0.1) is 5.92 Å². The number of aromatic amines is 1. The van der Waals surface area contributed by atoms with Crippen molar-refractivity contribution in [3.63, 3.8) is 0 Å². The fourth-order valence-electron chi connectivity index (χ4n) is 3.32. The molecule has 9 N–H and O–H groups in total. The normalized spacial score (nSPS) is 13.9. The topological polar surface area (TPSA) is 263 Å². The van der Waals surface area contributed by atoms with E-state index in [1.807, 2.05) is 0 Å². The second kappa shape index (κ2) is 14.9. The molecule has 4 atom stereocenters. The molecule has 0 bridgehead atoms. The minimum absolute atomic E-state index is 0.118. The summed E-state index contributed by atoms with van der Waals surface area (Å²) in [7, 11) is 0. The van der Waals surface area contributed by atoms with Crippen molar-refractivity contribution in [1.82, 2.24) is 31.2 Å². The molecule has 16 nitrogen and oxygen atoms in total. The zero-order chi connectivity index (χ0) is 29.0. The Labute approximate surface area is 217 Å². The second-order valence-corrected chi connectivity index (χ2v) is 8.83. The van der Waals surface area contributed by atoms with E-state index in [-0.39, 0.29) is 19.3 Å². The van der Waals surface area contributed by atoms with Gasteiger partial charge >= 0.3 is 11.9 Å². The minimum Gasteiger partial charge on any atom is -0.481 e. The molecule has 4 unspecified atom stereocenters. The van der Waals surface area contributed by atoms with E-state index in [0.29, 0.717) is 5.69 Å². The maximum absolute atomic E-state index is 13.0. The number of carbonyl (C=O) groups is 7. The molecule has 0 aromatic carbocycles. The summed E-state index contributed by atoms with van der Waals surface area (Å²) < 4.78 is 0. The van der Waals surface area contributed by atoms with Crippen LogP contribution in [-0.4, -0.2) is 85.8 Å². The Hall–Kier alpha value is -4.50. The number of aliphatic carboxylic acids is 2. The van der Waals surface area contributed by atoms with E-state index in [2.05, 4.69) is 31.2 Å². The maximum atomic E-state index is 13.0. The molecular formula is C22H33N7O9. The summed E-state index contributed by atoms with van der Waals surface area (Å²) >= 11 is 0. The number of H-pyrrole nitrogens is 1. The number of aromatic nitrogens is 2. The molecule has 1 aromatic rings. The third kappa shape index (κ3) is 11.0. The highest BCUT2D eigenvalue weighted by atomic mass is 16.4. The van der Waals surface area contributed by atoms with Gasteiger partial charge in [0, 0.05) is 31.7 Å². The Morgan fingerprint density at radius 1 is 0.921 bits per heavy atom. The maximum Gasteiger partial charge on any atom is 0.326 e. The van der Waals surface area contributed by atoms with Crippen LogP contribution in [0.3, 0.4) is 0 Å². The van der Waals surface area contributed by atoms with Gasteiger partial charge in [0.2, 0.25) is 29.5 Å². The number of rotatable bonds is 16. The number of nitrogens with two attached hydrogens (primary N) is 1. The summed E-state index contributed by atoms with van der Waals surface area (Å²) in [5, 5.41) is 27.9. The summed E-state index contributed by atoms with van der Waals surface area (Å²) in [5.74, 6) is -7.54. The fraction of sp³-hybridized carbons (Fsp3) is 0.545. The van der Waals surface area contributed by atoms with Crippen LogP contribution in [0.5, 0.6) is 0 Å². The number of primary amides is 1. The lowest BCUT2D eigenvalue weighted by atomic mass is 10.0. The number of imidazole rings is 1. The number of nitrogens with zero attached hydrogens (tertiary/aromatic N) is 1. The van der Waals surface area contributed by atoms with Crippen LogP contribution in [0.1, 0.15) is 45.7 Å². The molecule has 0 aliphatic carbocycles. The predicted molar refractivity (Wildman–Crippen MR) is 129 cm³/mol. The summed E-state index contributed by atoms with van der Waals surface area (Å²) in [5.41, 5.74) is 5.53. The Morgan fingerprint density at radius 3 is 2.00 bits per heavy atom. The first kappa shape index (κ1) is 31.5. The highest BCUT2D eigenvalue weighted by Crippen LogP contribution is 2.07. The molecule has 0 aliphatic heterocycles. The smallest absolute Gasteiger partial charge is 0.326 e. The van der Waals surface area contributed by atoms with Crippen molar-refractivity contribution in [2.75, 3.05) is 0 Å². The second-order valence-electron chi connectivity index (χ2n) is 8.83. The third-order valence-corrected chi connectivity index (χ3v) is 5.23. The van der Waals surface area contributed by atoms with E-state index in [0.717, 1.165) is 6.92 Å². The van der Waals surface area contributed by atoms with Crippen molar-refractivity contribution in [3.8, 4) is 0 Å². The van der Waals surface area contributed by atoms with Crippen molar-refractivity contribution < 1.29 is 43.8 Å². The number of carboxylic acids is 2. The zero-order valence-corrected chi connectivity index (χ0v) is 21.1. The fourth-order valence-corrected chi connectivity index (χ4v) is 3.32. The van der Waals surface area contributed by atoms with E-state index < -0.39 is 78.0 Å². The molecule has 38 heavy (non-hydrogen) atoms. The highest BCUT2D eigenvalue weighted by Gasteiger charge is 2.33. The zero-order valence-electron chi connectivity index (χ0n) is 21.1. The molecular weight excluding hydrogens is 506 g/mol. The molecule has 210 valence electrons. The molecule has 0 spiro atoms. The third-order valence-electron chi connectivity index (χ3n) is 5.23. The number of carboxylic acid groups (broad SMARTS) is 2. The van der Waals surface area contributed by atoms with Gasteiger partial charge < -0.3 is 42.2 Å². The Kier molecular flexibility index (Phi) is 12.4. The van der Waals surface area contributed by atoms with Crippen LogP contribution >= 0.6 is 0 Å². The number of hydrogen-bond donors (Lipinski definition) is 8. The van der Waals surface area contributed by atoms with Crippen molar-refractivity contribution in [2.24, 2.45) is 11.7 Å².